The summed E-state index contributed by atoms with van der Waals surface area (Å²) in [6.07, 6.45) is 8.42. The fourth-order valence-electron chi connectivity index (χ4n) is 4.49. The van der Waals surface area contributed by atoms with Crippen LogP contribution in [0, 0.1) is 23.7 Å². The number of thioether (sulfide) groups is 1. The van der Waals surface area contributed by atoms with Gasteiger partial charge in [0.25, 0.3) is 0 Å². The van der Waals surface area contributed by atoms with E-state index in [9.17, 15) is 9.59 Å². The van der Waals surface area contributed by atoms with Gasteiger partial charge in [-0.15, -0.1) is 10.2 Å². The van der Waals surface area contributed by atoms with E-state index in [1.54, 1.807) is 0 Å². The number of carbonyl (C=O) groups is 2. The first kappa shape index (κ1) is 27.6. The molecule has 0 bridgehead atoms. The van der Waals surface area contributed by atoms with Gasteiger partial charge in [-0.1, -0.05) is 70.4 Å². The fourth-order valence-corrected chi connectivity index (χ4v) is 6.02. The number of aryl methyl sites for hydroxylation is 1. The van der Waals surface area contributed by atoms with Crippen molar-refractivity contribution in [1.82, 2.24) is 15.5 Å². The molecule has 184 valence electrons. The van der Waals surface area contributed by atoms with Crippen LogP contribution in [-0.4, -0.2) is 22.0 Å². The van der Waals surface area contributed by atoms with Crippen LogP contribution < -0.4 is 10.6 Å². The standard InChI is InChI=1S/C25H40N4O2S2/c1-7-11-20(8-2)23(30)27-25-29-28-22(33-25)13-10-9-12-18(5)32-19(6)26-24(31)21-15-16(3)14-17(21)4/h16-17,20-21H,5-15H2,1-4H3,(H,26,31)(H,27,29,30). The van der Waals surface area contributed by atoms with E-state index in [1.165, 1.54) is 23.1 Å². The van der Waals surface area contributed by atoms with Gasteiger partial charge in [0.15, 0.2) is 0 Å². The third-order valence-electron chi connectivity index (χ3n) is 6.28. The van der Waals surface area contributed by atoms with E-state index in [4.69, 9.17) is 0 Å². The van der Waals surface area contributed by atoms with Gasteiger partial charge in [-0.2, -0.15) is 0 Å². The van der Waals surface area contributed by atoms with Crippen molar-refractivity contribution in [2.24, 2.45) is 23.7 Å². The van der Waals surface area contributed by atoms with Crippen LogP contribution in [0.25, 0.3) is 0 Å². The largest absolute Gasteiger partial charge is 0.321 e. The Morgan fingerprint density at radius 3 is 2.58 bits per heavy atom. The van der Waals surface area contributed by atoms with Crippen LogP contribution in [0.4, 0.5) is 5.13 Å². The van der Waals surface area contributed by atoms with Crippen LogP contribution in [0.2, 0.25) is 0 Å². The smallest absolute Gasteiger partial charge is 0.229 e. The van der Waals surface area contributed by atoms with Crippen LogP contribution in [0.3, 0.4) is 0 Å². The number of nitrogens with one attached hydrogen (secondary N) is 2. The molecule has 1 saturated carbocycles. The zero-order valence-corrected chi connectivity index (χ0v) is 22.2. The number of rotatable bonds is 14. The van der Waals surface area contributed by atoms with Crippen molar-refractivity contribution in [3.63, 3.8) is 0 Å². The molecular formula is C25H40N4O2S2. The van der Waals surface area contributed by atoms with E-state index < -0.39 is 0 Å². The molecule has 2 rings (SSSR count). The highest BCUT2D eigenvalue weighted by atomic mass is 32.2. The predicted molar refractivity (Wildman–Crippen MR) is 140 cm³/mol. The molecule has 0 aliphatic heterocycles. The number of nitrogens with zero attached hydrogens (tertiary/aromatic N) is 2. The molecule has 1 aromatic rings. The second-order valence-corrected chi connectivity index (χ2v) is 11.6. The summed E-state index contributed by atoms with van der Waals surface area (Å²) in [6.45, 7) is 16.6. The van der Waals surface area contributed by atoms with E-state index in [-0.39, 0.29) is 23.7 Å². The maximum absolute atomic E-state index is 12.5. The molecule has 4 unspecified atom stereocenters. The molecule has 2 amide bonds. The Labute approximate surface area is 207 Å². The number of hydrogen-bond acceptors (Lipinski definition) is 6. The summed E-state index contributed by atoms with van der Waals surface area (Å²) in [7, 11) is 0. The van der Waals surface area contributed by atoms with Gasteiger partial charge in [-0.25, -0.2) is 0 Å². The van der Waals surface area contributed by atoms with Crippen molar-refractivity contribution in [3.05, 3.63) is 28.1 Å². The molecule has 0 radical (unpaired) electrons. The summed E-state index contributed by atoms with van der Waals surface area (Å²) in [5, 5.41) is 16.4. The first-order chi connectivity index (χ1) is 15.7. The van der Waals surface area contributed by atoms with E-state index in [0.717, 1.165) is 67.7 Å². The van der Waals surface area contributed by atoms with Crippen LogP contribution in [-0.2, 0) is 16.0 Å². The molecule has 33 heavy (non-hydrogen) atoms. The zero-order valence-electron chi connectivity index (χ0n) is 20.6. The zero-order chi connectivity index (χ0) is 24.4. The van der Waals surface area contributed by atoms with Gasteiger partial charge >= 0.3 is 0 Å². The maximum Gasteiger partial charge on any atom is 0.229 e. The number of amides is 2. The lowest BCUT2D eigenvalue weighted by Crippen LogP contribution is -2.30. The minimum atomic E-state index is 0.0375. The van der Waals surface area contributed by atoms with Crippen molar-refractivity contribution < 1.29 is 9.59 Å². The highest BCUT2D eigenvalue weighted by Crippen LogP contribution is 2.36. The van der Waals surface area contributed by atoms with Gasteiger partial charge < -0.3 is 10.6 Å². The Balaban J connectivity index is 1.64. The fraction of sp³-hybridized carbons (Fsp3) is 0.680. The van der Waals surface area contributed by atoms with Gasteiger partial charge in [-0.05, 0) is 61.7 Å². The summed E-state index contributed by atoms with van der Waals surface area (Å²) in [4.78, 5) is 25.8. The molecule has 2 N–H and O–H groups in total. The lowest BCUT2D eigenvalue weighted by Gasteiger charge is -2.16. The second kappa shape index (κ2) is 13.9. The molecule has 6 nitrogen and oxygen atoms in total. The summed E-state index contributed by atoms with van der Waals surface area (Å²) >= 11 is 2.91. The predicted octanol–water partition coefficient (Wildman–Crippen LogP) is 6.53. The van der Waals surface area contributed by atoms with Crippen molar-refractivity contribution in [1.29, 1.82) is 0 Å². The normalized spacial score (nSPS) is 20.9. The van der Waals surface area contributed by atoms with Gasteiger partial charge in [-0.3, -0.25) is 9.59 Å². The van der Waals surface area contributed by atoms with Crippen molar-refractivity contribution >= 4 is 40.0 Å². The van der Waals surface area contributed by atoms with Crippen LogP contribution in [0.1, 0.15) is 84.1 Å². The first-order valence-electron chi connectivity index (χ1n) is 12.2. The molecule has 0 saturated heterocycles. The molecule has 1 heterocycles. The van der Waals surface area contributed by atoms with E-state index >= 15 is 0 Å². The molecule has 0 aromatic carbocycles. The van der Waals surface area contributed by atoms with Crippen LogP contribution in [0.15, 0.2) is 23.1 Å². The summed E-state index contributed by atoms with van der Waals surface area (Å²) < 4.78 is 0. The Morgan fingerprint density at radius 1 is 1.18 bits per heavy atom. The molecule has 8 heteroatoms. The average Bonchev–Trinajstić information content (AvgIpc) is 3.34. The number of carbonyl (C=O) groups excluding carboxylic acids is 2. The molecule has 1 fully saturated rings. The van der Waals surface area contributed by atoms with E-state index in [0.29, 0.717) is 22.0 Å². The Kier molecular flexibility index (Phi) is 11.6. The Bertz CT molecular complexity index is 823. The Hall–Kier alpha value is -1.67. The number of unbranched alkanes of at least 4 members (excludes halogenated alkanes) is 1. The van der Waals surface area contributed by atoms with Crippen molar-refractivity contribution in [3.8, 4) is 0 Å². The third kappa shape index (κ3) is 9.24. The van der Waals surface area contributed by atoms with Crippen LogP contribution >= 0.6 is 23.1 Å². The van der Waals surface area contributed by atoms with Gasteiger partial charge in [0, 0.05) is 18.3 Å². The summed E-state index contributed by atoms with van der Waals surface area (Å²) in [6, 6.07) is 0. The summed E-state index contributed by atoms with van der Waals surface area (Å²) in [5.41, 5.74) is 0. The minimum Gasteiger partial charge on any atom is -0.321 e. The maximum atomic E-state index is 12.5. The highest BCUT2D eigenvalue weighted by Gasteiger charge is 2.34. The number of anilines is 1. The highest BCUT2D eigenvalue weighted by molar-refractivity contribution is 8.06. The minimum absolute atomic E-state index is 0.0375. The van der Waals surface area contributed by atoms with Gasteiger partial charge in [0.1, 0.15) is 5.01 Å². The topological polar surface area (TPSA) is 84.0 Å². The SMILES string of the molecule is C=C(CCCCc1nnc(NC(=O)C(CC)CCC)s1)SC(=C)NC(=O)C1CC(C)CC1C. The second-order valence-electron chi connectivity index (χ2n) is 9.30. The number of allylic oxidation sites excluding steroid dienone is 1. The van der Waals surface area contributed by atoms with Crippen molar-refractivity contribution in [2.45, 2.75) is 85.5 Å². The number of aromatic nitrogens is 2. The van der Waals surface area contributed by atoms with Crippen molar-refractivity contribution in [2.75, 3.05) is 5.32 Å². The average molecular weight is 493 g/mol. The molecule has 4 atom stereocenters. The van der Waals surface area contributed by atoms with E-state index in [2.05, 4.69) is 54.8 Å². The lowest BCUT2D eigenvalue weighted by molar-refractivity contribution is -0.125. The number of hydrogen-bond donors (Lipinski definition) is 2. The molecule has 1 aromatic heterocycles. The van der Waals surface area contributed by atoms with Gasteiger partial charge in [0.05, 0.1) is 5.03 Å². The Morgan fingerprint density at radius 2 is 1.94 bits per heavy atom. The molecule has 1 aliphatic carbocycles. The molecular weight excluding hydrogens is 452 g/mol. The van der Waals surface area contributed by atoms with Gasteiger partial charge in [0.2, 0.25) is 16.9 Å². The van der Waals surface area contributed by atoms with E-state index in [1.807, 2.05) is 6.92 Å². The molecule has 0 spiro atoms. The monoisotopic (exact) mass is 492 g/mol. The quantitative estimate of drug-likeness (QED) is 0.288. The lowest BCUT2D eigenvalue weighted by atomic mass is 9.97. The molecule has 1 aliphatic rings. The first-order valence-corrected chi connectivity index (χ1v) is 13.8. The van der Waals surface area contributed by atoms with Crippen LogP contribution in [0.5, 0.6) is 0 Å². The third-order valence-corrected chi connectivity index (χ3v) is 8.02. The summed E-state index contributed by atoms with van der Waals surface area (Å²) in [5.74, 6) is 1.30.